The van der Waals surface area contributed by atoms with Crippen LogP contribution in [0.5, 0.6) is 0 Å². The minimum absolute atomic E-state index is 0.209. The van der Waals surface area contributed by atoms with Crippen molar-refractivity contribution in [2.75, 3.05) is 6.54 Å². The number of halogens is 2. The van der Waals surface area contributed by atoms with Gasteiger partial charge in [-0.25, -0.2) is 9.18 Å². The van der Waals surface area contributed by atoms with Crippen molar-refractivity contribution in [2.24, 2.45) is 0 Å². The van der Waals surface area contributed by atoms with Crippen molar-refractivity contribution in [3.63, 3.8) is 0 Å². The standard InChI is InChI=1S/C14H19BrFNO4/c1-14(2,3)21-13(20)17-7-11(18)12(19)8-4-9(15)6-10(16)5-8/h4-6,11-12,18-19H,7H2,1-3H3,(H,17,20). The highest BCUT2D eigenvalue weighted by molar-refractivity contribution is 9.10. The van der Waals surface area contributed by atoms with Crippen LogP contribution >= 0.6 is 15.9 Å². The van der Waals surface area contributed by atoms with Gasteiger partial charge < -0.3 is 20.3 Å². The molecule has 0 aliphatic carbocycles. The van der Waals surface area contributed by atoms with Crippen LogP contribution in [-0.4, -0.2) is 34.6 Å². The van der Waals surface area contributed by atoms with Gasteiger partial charge in [0.1, 0.15) is 23.6 Å². The highest BCUT2D eigenvalue weighted by atomic mass is 79.9. The molecule has 5 nitrogen and oxygen atoms in total. The Kier molecular flexibility index (Phi) is 6.12. The molecule has 1 aromatic rings. The summed E-state index contributed by atoms with van der Waals surface area (Å²) in [4.78, 5) is 11.4. The Balaban J connectivity index is 2.58. The molecule has 2 unspecified atom stereocenters. The van der Waals surface area contributed by atoms with Gasteiger partial charge in [0, 0.05) is 11.0 Å². The molecule has 2 atom stereocenters. The molecule has 0 radical (unpaired) electrons. The van der Waals surface area contributed by atoms with Gasteiger partial charge in [-0.05, 0) is 44.5 Å². The van der Waals surface area contributed by atoms with Crippen LogP contribution in [0.15, 0.2) is 22.7 Å². The zero-order valence-electron chi connectivity index (χ0n) is 12.1. The molecule has 1 aromatic carbocycles. The topological polar surface area (TPSA) is 78.8 Å². The Morgan fingerprint density at radius 3 is 2.52 bits per heavy atom. The Bertz CT molecular complexity index is 484. The molecule has 0 fully saturated rings. The summed E-state index contributed by atoms with van der Waals surface area (Å²) in [5.74, 6) is -0.536. The lowest BCUT2D eigenvalue weighted by Crippen LogP contribution is -2.38. The van der Waals surface area contributed by atoms with Crippen LogP contribution in [-0.2, 0) is 4.74 Å². The Hall–Kier alpha value is -1.18. The summed E-state index contributed by atoms with van der Waals surface area (Å²) in [7, 11) is 0. The van der Waals surface area contributed by atoms with E-state index in [0.717, 1.165) is 6.07 Å². The number of nitrogens with one attached hydrogen (secondary N) is 1. The second-order valence-corrected chi connectivity index (χ2v) is 6.51. The average Bonchev–Trinajstić information content (AvgIpc) is 2.31. The fourth-order valence-corrected chi connectivity index (χ4v) is 2.06. The normalized spacial score (nSPS) is 14.4. The number of carbonyl (C=O) groups excluding carboxylic acids is 1. The predicted octanol–water partition coefficient (Wildman–Crippen LogP) is 2.51. The molecular weight excluding hydrogens is 345 g/mol. The van der Waals surface area contributed by atoms with E-state index in [1.807, 2.05) is 0 Å². The largest absolute Gasteiger partial charge is 0.444 e. The van der Waals surface area contributed by atoms with E-state index in [2.05, 4.69) is 21.2 Å². The fourth-order valence-electron chi connectivity index (χ4n) is 1.58. The summed E-state index contributed by atoms with van der Waals surface area (Å²) in [5.41, 5.74) is -0.443. The zero-order valence-corrected chi connectivity index (χ0v) is 13.6. The molecule has 3 N–H and O–H groups in total. The third-order valence-corrected chi connectivity index (χ3v) is 2.90. The molecule has 0 saturated heterocycles. The minimum atomic E-state index is -1.33. The molecule has 7 heteroatoms. The Labute approximate surface area is 131 Å². The third-order valence-electron chi connectivity index (χ3n) is 2.45. The number of amides is 1. The van der Waals surface area contributed by atoms with E-state index in [0.29, 0.717) is 4.47 Å². The third kappa shape index (κ3) is 6.41. The molecule has 21 heavy (non-hydrogen) atoms. The minimum Gasteiger partial charge on any atom is -0.444 e. The monoisotopic (exact) mass is 363 g/mol. The lowest BCUT2D eigenvalue weighted by molar-refractivity contribution is 0.0128. The van der Waals surface area contributed by atoms with E-state index in [4.69, 9.17) is 4.74 Å². The van der Waals surface area contributed by atoms with Crippen LogP contribution in [0, 0.1) is 5.82 Å². The summed E-state index contributed by atoms with van der Waals surface area (Å²) in [6, 6.07) is 3.85. The van der Waals surface area contributed by atoms with Gasteiger partial charge >= 0.3 is 6.09 Å². The summed E-state index contributed by atoms with van der Waals surface area (Å²) in [5, 5.41) is 22.1. The zero-order chi connectivity index (χ0) is 16.2. The second kappa shape index (κ2) is 7.20. The van der Waals surface area contributed by atoms with Crippen molar-refractivity contribution in [2.45, 2.75) is 38.6 Å². The molecule has 0 aliphatic heterocycles. The molecule has 0 aliphatic rings. The first-order valence-corrected chi connectivity index (χ1v) is 7.17. The van der Waals surface area contributed by atoms with Gasteiger partial charge in [-0.2, -0.15) is 0 Å². The van der Waals surface area contributed by atoms with E-state index in [1.54, 1.807) is 20.8 Å². The number of alkyl carbamates (subject to hydrolysis) is 1. The number of ether oxygens (including phenoxy) is 1. The van der Waals surface area contributed by atoms with Gasteiger partial charge in [-0.1, -0.05) is 15.9 Å². The van der Waals surface area contributed by atoms with Crippen LogP contribution in [0.2, 0.25) is 0 Å². The van der Waals surface area contributed by atoms with Gasteiger partial charge in [-0.3, -0.25) is 0 Å². The fraction of sp³-hybridized carbons (Fsp3) is 0.500. The molecule has 1 rings (SSSR count). The van der Waals surface area contributed by atoms with Gasteiger partial charge in [0.05, 0.1) is 0 Å². The molecule has 0 aromatic heterocycles. The van der Waals surface area contributed by atoms with E-state index in [9.17, 15) is 19.4 Å². The molecule has 1 amide bonds. The summed E-state index contributed by atoms with van der Waals surface area (Å²) in [6.45, 7) is 4.91. The van der Waals surface area contributed by atoms with Crippen LogP contribution in [0.25, 0.3) is 0 Å². The maximum Gasteiger partial charge on any atom is 0.407 e. The molecular formula is C14H19BrFNO4. The summed E-state index contributed by atoms with van der Waals surface area (Å²) in [6.07, 6.45) is -3.31. The molecule has 118 valence electrons. The van der Waals surface area contributed by atoms with E-state index >= 15 is 0 Å². The number of aliphatic hydroxyl groups is 2. The smallest absolute Gasteiger partial charge is 0.407 e. The van der Waals surface area contributed by atoms with Crippen LogP contribution in [0.3, 0.4) is 0 Å². The molecule has 0 saturated carbocycles. The van der Waals surface area contributed by atoms with E-state index in [1.165, 1.54) is 12.1 Å². The highest BCUT2D eigenvalue weighted by Gasteiger charge is 2.22. The van der Waals surface area contributed by atoms with Crippen LogP contribution in [0.4, 0.5) is 9.18 Å². The van der Waals surface area contributed by atoms with Crippen molar-refractivity contribution in [1.29, 1.82) is 0 Å². The van der Waals surface area contributed by atoms with E-state index < -0.39 is 29.7 Å². The van der Waals surface area contributed by atoms with E-state index in [-0.39, 0.29) is 12.1 Å². The van der Waals surface area contributed by atoms with Gasteiger partial charge in [0.15, 0.2) is 0 Å². The molecule has 0 heterocycles. The number of hydrogen-bond donors (Lipinski definition) is 3. The first-order valence-electron chi connectivity index (χ1n) is 6.37. The van der Waals surface area contributed by atoms with Gasteiger partial charge in [0.2, 0.25) is 0 Å². The number of hydrogen-bond acceptors (Lipinski definition) is 4. The van der Waals surface area contributed by atoms with Crippen molar-refractivity contribution in [3.8, 4) is 0 Å². The SMILES string of the molecule is CC(C)(C)OC(=O)NCC(O)C(O)c1cc(F)cc(Br)c1. The number of aliphatic hydroxyl groups excluding tert-OH is 2. The van der Waals surface area contributed by atoms with Crippen molar-refractivity contribution >= 4 is 22.0 Å². The first kappa shape index (κ1) is 17.9. The Morgan fingerprint density at radius 1 is 1.38 bits per heavy atom. The Morgan fingerprint density at radius 2 is 2.00 bits per heavy atom. The summed E-state index contributed by atoms with van der Waals surface area (Å²) >= 11 is 3.10. The molecule has 0 spiro atoms. The second-order valence-electron chi connectivity index (χ2n) is 5.60. The maximum absolute atomic E-state index is 13.2. The lowest BCUT2D eigenvalue weighted by Gasteiger charge is -2.22. The van der Waals surface area contributed by atoms with Gasteiger partial charge in [0.25, 0.3) is 0 Å². The number of rotatable bonds is 4. The summed E-state index contributed by atoms with van der Waals surface area (Å²) < 4.78 is 18.7. The number of benzene rings is 1. The number of carbonyl (C=O) groups is 1. The lowest BCUT2D eigenvalue weighted by atomic mass is 10.0. The van der Waals surface area contributed by atoms with Crippen molar-refractivity contribution in [1.82, 2.24) is 5.32 Å². The maximum atomic E-state index is 13.2. The highest BCUT2D eigenvalue weighted by Crippen LogP contribution is 2.22. The van der Waals surface area contributed by atoms with Crippen LogP contribution < -0.4 is 5.32 Å². The predicted molar refractivity (Wildman–Crippen MR) is 79.3 cm³/mol. The van der Waals surface area contributed by atoms with Crippen molar-refractivity contribution in [3.05, 3.63) is 34.1 Å². The van der Waals surface area contributed by atoms with Gasteiger partial charge in [-0.15, -0.1) is 0 Å². The average molecular weight is 364 g/mol. The van der Waals surface area contributed by atoms with Crippen molar-refractivity contribution < 1.29 is 24.1 Å². The van der Waals surface area contributed by atoms with Crippen LogP contribution in [0.1, 0.15) is 32.4 Å². The first-order chi connectivity index (χ1) is 9.58. The quantitative estimate of drug-likeness (QED) is 0.767. The molecule has 0 bridgehead atoms.